The molecular weight excluding hydrogens is 869 g/mol. The van der Waals surface area contributed by atoms with E-state index in [9.17, 15) is 28.8 Å². The Bertz CT molecular complexity index is 1960. The van der Waals surface area contributed by atoms with Crippen LogP contribution in [-0.2, 0) is 55.9 Å². The first kappa shape index (κ1) is 57.3. The summed E-state index contributed by atoms with van der Waals surface area (Å²) in [5.74, 6) is -2.97. The topological polar surface area (TPSA) is 185 Å². The molecule has 3 N–H and O–H groups in total. The van der Waals surface area contributed by atoms with Gasteiger partial charge in [0.05, 0.1) is 49.8 Å². The molecule has 9 unspecified atom stereocenters. The van der Waals surface area contributed by atoms with Crippen LogP contribution in [0.4, 0.5) is 10.5 Å². The Balaban J connectivity index is 1.78. The minimum absolute atomic E-state index is 0.0362. The normalized spacial score (nSPS) is 17.6. The molecule has 0 aromatic heterocycles. The molecule has 16 nitrogen and oxygen atoms in total. The highest BCUT2D eigenvalue weighted by Crippen LogP contribution is 2.30. The number of likely N-dealkylation sites (N-methyl/N-ethyl adjacent to an activating group) is 2. The van der Waals surface area contributed by atoms with Gasteiger partial charge >= 0.3 is 12.1 Å². The number of esters is 1. The fourth-order valence-electron chi connectivity index (χ4n) is 9.33. The summed E-state index contributed by atoms with van der Waals surface area (Å²) in [7, 11) is 7.91. The van der Waals surface area contributed by atoms with E-state index in [0.29, 0.717) is 38.0 Å². The monoisotopic (exact) mass is 951 g/mol. The van der Waals surface area contributed by atoms with Crippen LogP contribution in [0.1, 0.15) is 106 Å². The fourth-order valence-corrected chi connectivity index (χ4v) is 9.33. The highest BCUT2D eigenvalue weighted by atomic mass is 16.6. The summed E-state index contributed by atoms with van der Waals surface area (Å²) in [5.41, 5.74) is 1.65. The lowest BCUT2D eigenvalue weighted by Gasteiger charge is -2.41. The van der Waals surface area contributed by atoms with Gasteiger partial charge in [-0.1, -0.05) is 97.4 Å². The molecule has 2 aromatic carbocycles. The Hall–Kier alpha value is -5.06. The van der Waals surface area contributed by atoms with Crippen LogP contribution >= 0.6 is 0 Å². The number of benzene rings is 2. The molecule has 1 heterocycles. The molecule has 16 heteroatoms. The van der Waals surface area contributed by atoms with Gasteiger partial charge in [0, 0.05) is 46.5 Å². The van der Waals surface area contributed by atoms with Gasteiger partial charge in [-0.25, -0.2) is 9.59 Å². The van der Waals surface area contributed by atoms with Crippen LogP contribution in [0.5, 0.6) is 0 Å². The molecule has 380 valence electrons. The van der Waals surface area contributed by atoms with E-state index in [-0.39, 0.29) is 48.3 Å². The summed E-state index contributed by atoms with van der Waals surface area (Å²) < 4.78 is 22.5. The minimum atomic E-state index is -0.914. The first-order valence-electron chi connectivity index (χ1n) is 24.1. The molecule has 1 aliphatic heterocycles. The maximum atomic E-state index is 14.7. The zero-order valence-corrected chi connectivity index (χ0v) is 43.4. The molecule has 1 saturated heterocycles. The van der Waals surface area contributed by atoms with Gasteiger partial charge in [0.2, 0.25) is 23.6 Å². The quantitative estimate of drug-likeness (QED) is 0.0983. The lowest BCUT2D eigenvalue weighted by atomic mass is 9.89. The lowest BCUT2D eigenvalue weighted by molar-refractivity contribution is -0.149. The van der Waals surface area contributed by atoms with Gasteiger partial charge in [0.1, 0.15) is 17.7 Å². The van der Waals surface area contributed by atoms with Crippen molar-refractivity contribution in [1.29, 1.82) is 0 Å². The molecule has 1 fully saturated rings. The number of hydrogen-bond donors (Lipinski definition) is 3. The molecule has 0 radical (unpaired) electrons. The number of rotatable bonds is 24. The summed E-state index contributed by atoms with van der Waals surface area (Å²) in [5, 5.41) is 8.74. The molecule has 3 rings (SSSR count). The molecule has 1 aliphatic rings. The van der Waals surface area contributed by atoms with Crippen LogP contribution < -0.4 is 16.0 Å². The van der Waals surface area contributed by atoms with Gasteiger partial charge in [0.25, 0.3) is 0 Å². The Labute approximate surface area is 405 Å². The Kier molecular flexibility index (Phi) is 22.4. The van der Waals surface area contributed by atoms with Crippen LogP contribution in [0.3, 0.4) is 0 Å². The zero-order valence-electron chi connectivity index (χ0n) is 43.4. The average molecular weight is 951 g/mol. The summed E-state index contributed by atoms with van der Waals surface area (Å²) in [4.78, 5) is 87.7. The first-order valence-corrected chi connectivity index (χ1v) is 24.1. The van der Waals surface area contributed by atoms with Crippen LogP contribution in [0.25, 0.3) is 0 Å². The number of anilines is 1. The van der Waals surface area contributed by atoms with E-state index in [0.717, 1.165) is 11.1 Å². The second-order valence-corrected chi connectivity index (χ2v) is 20.0. The van der Waals surface area contributed by atoms with Crippen molar-refractivity contribution in [3.05, 3.63) is 65.7 Å². The van der Waals surface area contributed by atoms with Crippen molar-refractivity contribution in [3.8, 4) is 0 Å². The summed E-state index contributed by atoms with van der Waals surface area (Å²) in [6.45, 7) is 19.7. The number of methoxy groups -OCH3 is 3. The molecule has 2 aromatic rings. The number of amides is 5. The Morgan fingerprint density at radius 3 is 2.03 bits per heavy atom. The van der Waals surface area contributed by atoms with Crippen molar-refractivity contribution in [2.45, 2.75) is 156 Å². The predicted molar refractivity (Wildman–Crippen MR) is 263 cm³/mol. The molecule has 9 atom stereocenters. The molecule has 0 aliphatic carbocycles. The molecule has 5 amide bonds. The fraction of sp³-hybridized carbons (Fsp3) is 0.654. The Morgan fingerprint density at radius 2 is 1.47 bits per heavy atom. The second-order valence-electron chi connectivity index (χ2n) is 20.0. The van der Waals surface area contributed by atoms with Crippen LogP contribution in [0.15, 0.2) is 54.6 Å². The van der Waals surface area contributed by atoms with Crippen molar-refractivity contribution in [3.63, 3.8) is 0 Å². The second kappa shape index (κ2) is 26.6. The van der Waals surface area contributed by atoms with Crippen molar-refractivity contribution in [2.75, 3.05) is 47.3 Å². The maximum Gasteiger partial charge on any atom is 0.412 e. The Morgan fingerprint density at radius 1 is 0.824 bits per heavy atom. The summed E-state index contributed by atoms with van der Waals surface area (Å²) in [6.07, 6.45) is 0.267. The first-order chi connectivity index (χ1) is 32.0. The van der Waals surface area contributed by atoms with Crippen LogP contribution in [-0.4, -0.2) is 140 Å². The van der Waals surface area contributed by atoms with Gasteiger partial charge in [0.15, 0.2) is 0 Å². The van der Waals surface area contributed by atoms with Gasteiger partial charge in [-0.05, 0) is 81.7 Å². The van der Waals surface area contributed by atoms with Crippen molar-refractivity contribution >= 4 is 41.4 Å². The number of nitrogens with one attached hydrogen (secondary N) is 3. The van der Waals surface area contributed by atoms with E-state index in [1.807, 2.05) is 102 Å². The van der Waals surface area contributed by atoms with Gasteiger partial charge in [-0.2, -0.15) is 0 Å². The smallest absolute Gasteiger partial charge is 0.412 e. The van der Waals surface area contributed by atoms with Gasteiger partial charge in [-0.15, -0.1) is 0 Å². The van der Waals surface area contributed by atoms with E-state index in [2.05, 4.69) is 16.0 Å². The maximum absolute atomic E-state index is 14.7. The highest BCUT2D eigenvalue weighted by Gasteiger charge is 2.43. The molecule has 0 spiro atoms. The SMILES string of the molecule is CCC(C)C(C(CC(=O)N1CCCC1C(OC)C(C)C(=O)NC(Cc1ccccc1)C(=O)OC)OC)N(C)C(=O)C(NC(=O)C(C(C)C)N(C)Cc1cccc(NC(=O)OC(C)(C)C)c1)C(C)C. The molecule has 0 bridgehead atoms. The largest absolute Gasteiger partial charge is 0.467 e. The van der Waals surface area contributed by atoms with Gasteiger partial charge < -0.3 is 39.4 Å². The molecular formula is C52H82N6O10. The number of hydrogen-bond acceptors (Lipinski definition) is 11. The van der Waals surface area contributed by atoms with Crippen molar-refractivity contribution < 1.29 is 47.7 Å². The molecule has 0 saturated carbocycles. The number of nitrogens with zero attached hydrogens (tertiary/aromatic N) is 3. The van der Waals surface area contributed by atoms with Crippen molar-refractivity contribution in [1.82, 2.24) is 25.3 Å². The van der Waals surface area contributed by atoms with E-state index in [1.165, 1.54) is 14.2 Å². The van der Waals surface area contributed by atoms with E-state index in [4.69, 9.17) is 18.9 Å². The minimum Gasteiger partial charge on any atom is -0.467 e. The van der Waals surface area contributed by atoms with Crippen LogP contribution in [0.2, 0.25) is 0 Å². The highest BCUT2D eigenvalue weighted by molar-refractivity contribution is 5.90. The third kappa shape index (κ3) is 16.3. The third-order valence-corrected chi connectivity index (χ3v) is 13.0. The number of ether oxygens (including phenoxy) is 4. The third-order valence-electron chi connectivity index (χ3n) is 13.0. The summed E-state index contributed by atoms with van der Waals surface area (Å²) >= 11 is 0. The van der Waals surface area contributed by atoms with Gasteiger partial charge in [-0.3, -0.25) is 29.4 Å². The number of carbonyl (C=O) groups is 6. The molecule has 68 heavy (non-hydrogen) atoms. The predicted octanol–water partition coefficient (Wildman–Crippen LogP) is 6.45. The lowest BCUT2D eigenvalue weighted by Crippen LogP contribution is -2.60. The zero-order chi connectivity index (χ0) is 51.0. The number of carbonyl (C=O) groups excluding carboxylic acids is 6. The average Bonchev–Trinajstić information content (AvgIpc) is 3.76. The van der Waals surface area contributed by atoms with Crippen LogP contribution in [0, 0.1) is 23.7 Å². The van der Waals surface area contributed by atoms with E-state index < -0.39 is 71.9 Å². The van der Waals surface area contributed by atoms with E-state index >= 15 is 0 Å². The van der Waals surface area contributed by atoms with Crippen molar-refractivity contribution in [2.24, 2.45) is 23.7 Å². The number of likely N-dealkylation sites (tertiary alicyclic amines) is 1. The standard InChI is InChI=1S/C52H82N6O10/c1-16-34(6)45(41(65-13)30-42(59)58-27-21-26-40(58)46(66-14)35(7)47(60)54-39(50(63)67-15)29-36-22-18-17-19-23-36)57(12)49(62)43(32(2)3)55-48(61)44(33(4)5)56(11)31-37-24-20-25-38(28-37)53-51(64)68-52(8,9)10/h17-20,22-25,28,32-35,39-41,43-46H,16,21,26-27,29-31H2,1-15H3,(H,53,64)(H,54,60)(H,55,61). The van der Waals surface area contributed by atoms with E-state index in [1.54, 1.807) is 57.7 Å². The summed E-state index contributed by atoms with van der Waals surface area (Å²) in [6, 6.07) is 13.4.